The molecule has 1 aliphatic rings. The number of para-hydroxylation sites is 1. The van der Waals surface area contributed by atoms with Crippen LogP contribution in [0.4, 0.5) is 5.69 Å². The summed E-state index contributed by atoms with van der Waals surface area (Å²) in [5.74, 6) is -0.973. The molecule has 1 atom stereocenters. The molecule has 1 N–H and O–H groups in total. The molecule has 0 spiro atoms. The minimum Gasteiger partial charge on any atom is -0.481 e. The maximum absolute atomic E-state index is 12.2. The van der Waals surface area contributed by atoms with Gasteiger partial charge in [0.25, 0.3) is 0 Å². The van der Waals surface area contributed by atoms with Crippen LogP contribution >= 0.6 is 0 Å². The lowest BCUT2D eigenvalue weighted by atomic mass is 9.84. The third kappa shape index (κ3) is 2.11. The summed E-state index contributed by atoms with van der Waals surface area (Å²) in [6.07, 6.45) is 0.558. The van der Waals surface area contributed by atoms with Crippen molar-refractivity contribution in [2.24, 2.45) is 5.41 Å². The highest BCUT2D eigenvalue weighted by molar-refractivity contribution is 6.01. The van der Waals surface area contributed by atoms with Crippen LogP contribution in [-0.4, -0.2) is 23.5 Å². The van der Waals surface area contributed by atoms with Gasteiger partial charge in [-0.05, 0) is 31.4 Å². The number of rotatable bonds is 3. The molecular formula is C15H19NO3. The van der Waals surface area contributed by atoms with E-state index in [1.54, 1.807) is 4.90 Å². The quantitative estimate of drug-likeness (QED) is 0.909. The average Bonchev–Trinajstić information content (AvgIpc) is 2.68. The van der Waals surface area contributed by atoms with E-state index in [9.17, 15) is 14.7 Å². The number of carboxylic acids is 1. The van der Waals surface area contributed by atoms with Gasteiger partial charge in [0, 0.05) is 18.7 Å². The monoisotopic (exact) mass is 261 g/mol. The van der Waals surface area contributed by atoms with Crippen LogP contribution in [0.25, 0.3) is 0 Å². The number of carboxylic acid groups (broad SMARTS) is 1. The minimum absolute atomic E-state index is 0.0899. The molecule has 4 heteroatoms. The van der Waals surface area contributed by atoms with Gasteiger partial charge >= 0.3 is 5.97 Å². The Balaban J connectivity index is 2.43. The smallest absolute Gasteiger partial charge is 0.311 e. The number of amides is 1. The van der Waals surface area contributed by atoms with Crippen molar-refractivity contribution in [2.75, 3.05) is 11.4 Å². The summed E-state index contributed by atoms with van der Waals surface area (Å²) in [7, 11) is 0. The SMILES string of the molecule is CCC1(C(=O)O)CC(=O)N(c2c(C)cccc2C)C1. The molecule has 0 saturated carbocycles. The van der Waals surface area contributed by atoms with Crippen LogP contribution in [0, 0.1) is 19.3 Å². The third-order valence-electron chi connectivity index (χ3n) is 4.09. The van der Waals surface area contributed by atoms with Crippen molar-refractivity contribution in [3.05, 3.63) is 29.3 Å². The topological polar surface area (TPSA) is 57.6 Å². The fraction of sp³-hybridized carbons (Fsp3) is 0.467. The average molecular weight is 261 g/mol. The van der Waals surface area contributed by atoms with Gasteiger partial charge in [-0.15, -0.1) is 0 Å². The molecule has 1 fully saturated rings. The van der Waals surface area contributed by atoms with Crippen LogP contribution in [-0.2, 0) is 9.59 Å². The first-order chi connectivity index (χ1) is 8.91. The first kappa shape index (κ1) is 13.6. The van der Waals surface area contributed by atoms with Gasteiger partial charge in [-0.2, -0.15) is 0 Å². The summed E-state index contributed by atoms with van der Waals surface area (Å²) in [4.78, 5) is 25.3. The molecule has 1 aromatic carbocycles. The van der Waals surface area contributed by atoms with Crippen LogP contribution in [0.1, 0.15) is 30.9 Å². The highest BCUT2D eigenvalue weighted by Gasteiger charge is 2.48. The van der Waals surface area contributed by atoms with E-state index < -0.39 is 11.4 Å². The number of aliphatic carboxylic acids is 1. The van der Waals surface area contributed by atoms with Gasteiger partial charge in [0.1, 0.15) is 0 Å². The van der Waals surface area contributed by atoms with E-state index in [0.29, 0.717) is 6.42 Å². The highest BCUT2D eigenvalue weighted by Crippen LogP contribution is 2.39. The Morgan fingerprint density at radius 2 is 1.95 bits per heavy atom. The zero-order chi connectivity index (χ0) is 14.2. The maximum atomic E-state index is 12.2. The van der Waals surface area contributed by atoms with Gasteiger partial charge in [-0.25, -0.2) is 0 Å². The van der Waals surface area contributed by atoms with Crippen molar-refractivity contribution in [1.82, 2.24) is 0 Å². The maximum Gasteiger partial charge on any atom is 0.311 e. The summed E-state index contributed by atoms with van der Waals surface area (Å²) in [5.41, 5.74) is 1.94. The molecule has 102 valence electrons. The fourth-order valence-corrected chi connectivity index (χ4v) is 2.80. The molecule has 0 aliphatic carbocycles. The fourth-order valence-electron chi connectivity index (χ4n) is 2.80. The number of hydrogen-bond acceptors (Lipinski definition) is 2. The van der Waals surface area contributed by atoms with Crippen molar-refractivity contribution >= 4 is 17.6 Å². The Labute approximate surface area is 113 Å². The first-order valence-electron chi connectivity index (χ1n) is 6.51. The van der Waals surface area contributed by atoms with Crippen molar-refractivity contribution in [3.63, 3.8) is 0 Å². The number of nitrogens with zero attached hydrogens (tertiary/aromatic N) is 1. The predicted octanol–water partition coefficient (Wildman–Crippen LogP) is 2.52. The lowest BCUT2D eigenvalue weighted by Crippen LogP contribution is -2.34. The second kappa shape index (κ2) is 4.68. The lowest BCUT2D eigenvalue weighted by molar-refractivity contribution is -0.148. The highest BCUT2D eigenvalue weighted by atomic mass is 16.4. The summed E-state index contributed by atoms with van der Waals surface area (Å²) in [5, 5.41) is 9.41. The molecule has 1 amide bonds. The molecule has 0 bridgehead atoms. The molecule has 0 aromatic heterocycles. The standard InChI is InChI=1S/C15H19NO3/c1-4-15(14(18)19)8-12(17)16(9-15)13-10(2)6-5-7-11(13)3/h5-7H,4,8-9H2,1-3H3,(H,18,19). The molecule has 2 rings (SSSR count). The van der Waals surface area contributed by atoms with Crippen LogP contribution in [0.5, 0.6) is 0 Å². The minimum atomic E-state index is -0.939. The van der Waals surface area contributed by atoms with Gasteiger partial charge in [-0.3, -0.25) is 9.59 Å². The number of anilines is 1. The molecule has 19 heavy (non-hydrogen) atoms. The Bertz CT molecular complexity index is 518. The van der Waals surface area contributed by atoms with Crippen molar-refractivity contribution in [3.8, 4) is 0 Å². The number of carbonyl (C=O) groups is 2. The molecule has 1 unspecified atom stereocenters. The Kier molecular flexibility index (Phi) is 3.35. The van der Waals surface area contributed by atoms with Crippen LogP contribution in [0.15, 0.2) is 18.2 Å². The summed E-state index contributed by atoms with van der Waals surface area (Å²) < 4.78 is 0. The van der Waals surface area contributed by atoms with Gasteiger partial charge in [0.2, 0.25) is 5.91 Å². The van der Waals surface area contributed by atoms with E-state index in [0.717, 1.165) is 16.8 Å². The number of aryl methyl sites for hydroxylation is 2. The molecule has 1 heterocycles. The van der Waals surface area contributed by atoms with Gasteiger partial charge in [0.05, 0.1) is 5.41 Å². The Morgan fingerprint density at radius 1 is 1.37 bits per heavy atom. The largest absolute Gasteiger partial charge is 0.481 e. The van der Waals surface area contributed by atoms with E-state index in [1.807, 2.05) is 39.0 Å². The van der Waals surface area contributed by atoms with Crippen molar-refractivity contribution in [2.45, 2.75) is 33.6 Å². The first-order valence-corrected chi connectivity index (χ1v) is 6.51. The number of carbonyl (C=O) groups excluding carboxylic acids is 1. The van der Waals surface area contributed by atoms with E-state index in [-0.39, 0.29) is 18.9 Å². The summed E-state index contributed by atoms with van der Waals surface area (Å²) >= 11 is 0. The number of hydrogen-bond donors (Lipinski definition) is 1. The number of benzene rings is 1. The van der Waals surface area contributed by atoms with Gasteiger partial charge in [0.15, 0.2) is 0 Å². The normalized spacial score (nSPS) is 22.9. The van der Waals surface area contributed by atoms with E-state index in [4.69, 9.17) is 0 Å². The lowest BCUT2D eigenvalue weighted by Gasteiger charge is -2.25. The molecule has 0 radical (unpaired) electrons. The van der Waals surface area contributed by atoms with E-state index in [1.165, 1.54) is 0 Å². The van der Waals surface area contributed by atoms with E-state index >= 15 is 0 Å². The molecule has 1 aliphatic heterocycles. The third-order valence-corrected chi connectivity index (χ3v) is 4.09. The van der Waals surface area contributed by atoms with E-state index in [2.05, 4.69) is 0 Å². The van der Waals surface area contributed by atoms with Crippen molar-refractivity contribution < 1.29 is 14.7 Å². The Morgan fingerprint density at radius 3 is 2.37 bits per heavy atom. The zero-order valence-corrected chi connectivity index (χ0v) is 11.6. The van der Waals surface area contributed by atoms with Crippen LogP contribution in [0.3, 0.4) is 0 Å². The molecule has 1 aromatic rings. The zero-order valence-electron chi connectivity index (χ0n) is 11.6. The Hall–Kier alpha value is -1.84. The van der Waals surface area contributed by atoms with Crippen LogP contribution < -0.4 is 4.90 Å². The molecule has 4 nitrogen and oxygen atoms in total. The van der Waals surface area contributed by atoms with Crippen molar-refractivity contribution in [1.29, 1.82) is 0 Å². The second-order valence-corrected chi connectivity index (χ2v) is 5.34. The van der Waals surface area contributed by atoms with Gasteiger partial charge in [-0.1, -0.05) is 25.1 Å². The van der Waals surface area contributed by atoms with Crippen LogP contribution in [0.2, 0.25) is 0 Å². The molecule has 1 saturated heterocycles. The molecular weight excluding hydrogens is 242 g/mol. The summed E-state index contributed by atoms with van der Waals surface area (Å²) in [6, 6.07) is 5.84. The summed E-state index contributed by atoms with van der Waals surface area (Å²) in [6.45, 7) is 5.99. The van der Waals surface area contributed by atoms with Gasteiger partial charge < -0.3 is 10.0 Å². The second-order valence-electron chi connectivity index (χ2n) is 5.34. The predicted molar refractivity (Wildman–Crippen MR) is 73.2 cm³/mol.